The first-order valence-corrected chi connectivity index (χ1v) is 4.10. The van der Waals surface area contributed by atoms with Gasteiger partial charge >= 0.3 is 11.9 Å². The Labute approximate surface area is 89.3 Å². The number of halogens is 1. The third kappa shape index (κ3) is 3.93. The number of hydrogen-bond donors (Lipinski definition) is 1. The summed E-state index contributed by atoms with van der Waals surface area (Å²) in [6.07, 6.45) is 0. The number of hydrogen-bond acceptors (Lipinski definition) is 5. The molecule has 0 aromatic heterocycles. The Morgan fingerprint density at radius 3 is 1.64 bits per heavy atom. The third-order valence-corrected chi connectivity index (χ3v) is 1.40. The van der Waals surface area contributed by atoms with E-state index in [4.69, 9.17) is 5.73 Å². The van der Waals surface area contributed by atoms with Crippen LogP contribution in [-0.2, 0) is 19.1 Å². The summed E-state index contributed by atoms with van der Waals surface area (Å²) in [5.41, 5.74) is 3.72. The monoisotopic (exact) mass is 225 g/mol. The predicted molar refractivity (Wildman–Crippen MR) is 53.1 cm³/mol. The molecule has 0 aliphatic heterocycles. The molecule has 84 valence electrons. The Morgan fingerprint density at radius 2 is 1.43 bits per heavy atom. The maximum atomic E-state index is 11.1. The van der Waals surface area contributed by atoms with Crippen molar-refractivity contribution in [3.8, 4) is 0 Å². The maximum Gasteiger partial charge on any atom is 0.337 e. The van der Waals surface area contributed by atoms with Crippen molar-refractivity contribution in [3.05, 3.63) is 0 Å². The van der Waals surface area contributed by atoms with Crippen LogP contribution in [0, 0.1) is 0 Å². The molecule has 0 radical (unpaired) electrons. The normalized spacial score (nSPS) is 10.0. The first-order chi connectivity index (χ1) is 5.96. The number of carbonyl (C=O) groups excluding carboxylic acids is 2. The van der Waals surface area contributed by atoms with Crippen LogP contribution in [0.15, 0.2) is 0 Å². The molecule has 5 nitrogen and oxygen atoms in total. The summed E-state index contributed by atoms with van der Waals surface area (Å²) >= 11 is 0. The minimum absolute atomic E-state index is 0. The van der Waals surface area contributed by atoms with Gasteiger partial charge in [0.1, 0.15) is 0 Å². The van der Waals surface area contributed by atoms with Crippen LogP contribution in [0.1, 0.15) is 20.8 Å². The van der Waals surface area contributed by atoms with Gasteiger partial charge in [0.15, 0.2) is 0 Å². The van der Waals surface area contributed by atoms with Gasteiger partial charge in [-0.15, -0.1) is 12.4 Å². The van der Waals surface area contributed by atoms with Crippen LogP contribution in [0.25, 0.3) is 0 Å². The highest BCUT2D eigenvalue weighted by Crippen LogP contribution is 2.05. The fraction of sp³-hybridized carbons (Fsp3) is 0.750. The van der Waals surface area contributed by atoms with E-state index >= 15 is 0 Å². The van der Waals surface area contributed by atoms with Gasteiger partial charge in [0.2, 0.25) is 5.54 Å². The topological polar surface area (TPSA) is 78.6 Å². The van der Waals surface area contributed by atoms with E-state index in [9.17, 15) is 9.59 Å². The quantitative estimate of drug-likeness (QED) is 0.548. The Morgan fingerprint density at radius 1 is 1.14 bits per heavy atom. The van der Waals surface area contributed by atoms with Crippen LogP contribution >= 0.6 is 12.4 Å². The van der Waals surface area contributed by atoms with Gasteiger partial charge in [0, 0.05) is 0 Å². The molecule has 0 heterocycles. The highest BCUT2D eigenvalue weighted by molar-refractivity contribution is 6.04. The Bertz CT molecular complexity index is 186. The summed E-state index contributed by atoms with van der Waals surface area (Å²) < 4.78 is 9.22. The second-order valence-electron chi connectivity index (χ2n) is 2.64. The van der Waals surface area contributed by atoms with E-state index in [0.29, 0.717) is 0 Å². The van der Waals surface area contributed by atoms with Crippen molar-refractivity contribution in [3.63, 3.8) is 0 Å². The van der Waals surface area contributed by atoms with E-state index in [1.165, 1.54) is 6.92 Å². The van der Waals surface area contributed by atoms with E-state index in [2.05, 4.69) is 9.47 Å². The van der Waals surface area contributed by atoms with Crippen molar-refractivity contribution in [1.29, 1.82) is 0 Å². The lowest BCUT2D eigenvalue weighted by molar-refractivity contribution is -0.162. The van der Waals surface area contributed by atoms with Gasteiger partial charge in [-0.25, -0.2) is 9.59 Å². The SMILES string of the molecule is CCOC(=O)C(C)(N)C(=O)OCC.Cl. The van der Waals surface area contributed by atoms with Crippen molar-refractivity contribution in [1.82, 2.24) is 0 Å². The molecule has 0 amide bonds. The minimum Gasteiger partial charge on any atom is -0.464 e. The molecule has 0 unspecified atom stereocenters. The summed E-state index contributed by atoms with van der Waals surface area (Å²) in [5, 5.41) is 0. The molecule has 0 aromatic rings. The van der Waals surface area contributed by atoms with Gasteiger partial charge in [-0.05, 0) is 20.8 Å². The van der Waals surface area contributed by atoms with Gasteiger partial charge < -0.3 is 15.2 Å². The van der Waals surface area contributed by atoms with Gasteiger partial charge in [0.25, 0.3) is 0 Å². The number of rotatable bonds is 4. The summed E-state index contributed by atoms with van der Waals surface area (Å²) in [5.74, 6) is -1.54. The first-order valence-electron chi connectivity index (χ1n) is 4.10. The molecular weight excluding hydrogens is 210 g/mol. The van der Waals surface area contributed by atoms with E-state index in [1.807, 2.05) is 0 Å². The molecular formula is C8H16ClNO4. The Kier molecular flexibility index (Phi) is 7.40. The van der Waals surface area contributed by atoms with Crippen LogP contribution in [0.4, 0.5) is 0 Å². The second-order valence-corrected chi connectivity index (χ2v) is 2.64. The molecule has 14 heavy (non-hydrogen) atoms. The molecule has 6 heteroatoms. The standard InChI is InChI=1S/C8H15NO4.ClH/c1-4-12-6(10)8(3,9)7(11)13-5-2;/h4-5,9H2,1-3H3;1H. The molecule has 0 rings (SSSR count). The van der Waals surface area contributed by atoms with Gasteiger partial charge in [-0.1, -0.05) is 0 Å². The Hall–Kier alpha value is -0.810. The summed E-state index contributed by atoms with van der Waals surface area (Å²) in [6.45, 7) is 4.91. The van der Waals surface area contributed by atoms with E-state index < -0.39 is 17.5 Å². The molecule has 0 aliphatic rings. The lowest BCUT2D eigenvalue weighted by Crippen LogP contribution is -2.54. The maximum absolute atomic E-state index is 11.1. The molecule has 0 spiro atoms. The van der Waals surface area contributed by atoms with Crippen LogP contribution in [0.2, 0.25) is 0 Å². The predicted octanol–water partition coefficient (Wildman–Crippen LogP) is 0.252. The van der Waals surface area contributed by atoms with Crippen LogP contribution in [-0.4, -0.2) is 30.7 Å². The van der Waals surface area contributed by atoms with Crippen molar-refractivity contribution < 1.29 is 19.1 Å². The molecule has 0 aliphatic carbocycles. The average Bonchev–Trinajstić information content (AvgIpc) is 2.05. The zero-order valence-electron chi connectivity index (χ0n) is 8.53. The first kappa shape index (κ1) is 15.7. The van der Waals surface area contributed by atoms with Crippen LogP contribution in [0.5, 0.6) is 0 Å². The lowest BCUT2D eigenvalue weighted by atomic mass is 10.1. The largest absolute Gasteiger partial charge is 0.464 e. The Balaban J connectivity index is 0. The summed E-state index contributed by atoms with van der Waals surface area (Å²) in [6, 6.07) is 0. The second kappa shape index (κ2) is 6.62. The zero-order valence-corrected chi connectivity index (χ0v) is 9.35. The molecule has 0 aromatic carbocycles. The summed E-state index contributed by atoms with van der Waals surface area (Å²) in [4.78, 5) is 22.3. The van der Waals surface area contributed by atoms with Crippen LogP contribution in [0.3, 0.4) is 0 Å². The molecule has 0 bridgehead atoms. The molecule has 0 saturated heterocycles. The van der Waals surface area contributed by atoms with E-state index in [-0.39, 0.29) is 25.6 Å². The highest BCUT2D eigenvalue weighted by Gasteiger charge is 2.39. The van der Waals surface area contributed by atoms with Gasteiger partial charge in [-0.2, -0.15) is 0 Å². The minimum atomic E-state index is -1.70. The number of nitrogens with two attached hydrogens (primary N) is 1. The fourth-order valence-corrected chi connectivity index (χ4v) is 0.645. The van der Waals surface area contributed by atoms with E-state index in [1.54, 1.807) is 13.8 Å². The van der Waals surface area contributed by atoms with Gasteiger partial charge in [-0.3, -0.25) is 0 Å². The smallest absolute Gasteiger partial charge is 0.337 e. The van der Waals surface area contributed by atoms with Crippen molar-refractivity contribution in [2.45, 2.75) is 26.3 Å². The number of carbonyl (C=O) groups is 2. The number of esters is 2. The number of ether oxygens (including phenoxy) is 2. The van der Waals surface area contributed by atoms with Crippen LogP contribution < -0.4 is 5.73 Å². The average molecular weight is 226 g/mol. The molecule has 0 fully saturated rings. The van der Waals surface area contributed by atoms with Crippen molar-refractivity contribution >= 4 is 24.3 Å². The van der Waals surface area contributed by atoms with Crippen molar-refractivity contribution in [2.75, 3.05) is 13.2 Å². The van der Waals surface area contributed by atoms with E-state index in [0.717, 1.165) is 0 Å². The third-order valence-electron chi connectivity index (χ3n) is 1.40. The molecule has 0 saturated carbocycles. The highest BCUT2D eigenvalue weighted by atomic mass is 35.5. The van der Waals surface area contributed by atoms with Crippen molar-refractivity contribution in [2.24, 2.45) is 5.73 Å². The molecule has 0 atom stereocenters. The fourth-order valence-electron chi connectivity index (χ4n) is 0.645. The zero-order chi connectivity index (χ0) is 10.5. The molecule has 2 N–H and O–H groups in total. The van der Waals surface area contributed by atoms with Gasteiger partial charge in [0.05, 0.1) is 13.2 Å². The lowest BCUT2D eigenvalue weighted by Gasteiger charge is -2.19. The summed E-state index contributed by atoms with van der Waals surface area (Å²) in [7, 11) is 0.